The highest BCUT2D eigenvalue weighted by Crippen LogP contribution is 2.23. The minimum Gasteiger partial charge on any atom is -0.339 e. The lowest BCUT2D eigenvalue weighted by Gasteiger charge is -2.08. The van der Waals surface area contributed by atoms with E-state index >= 15 is 0 Å². The van der Waals surface area contributed by atoms with Crippen LogP contribution in [-0.4, -0.2) is 16.3 Å². The number of halogens is 2. The summed E-state index contributed by atoms with van der Waals surface area (Å²) in [7, 11) is 0. The predicted molar refractivity (Wildman–Crippen MR) is 67.2 cm³/mol. The molecule has 0 aliphatic heterocycles. The number of hydrogen-bond donors (Lipinski definition) is 1. The first-order chi connectivity index (χ1) is 8.20. The Morgan fingerprint density at radius 1 is 1.24 bits per heavy atom. The number of hydrogen-bond acceptors (Lipinski definition) is 4. The second kappa shape index (κ2) is 5.12. The van der Waals surface area contributed by atoms with Crippen LogP contribution in [0.2, 0.25) is 10.2 Å². The van der Waals surface area contributed by atoms with Gasteiger partial charge in [-0.3, -0.25) is 4.79 Å². The fourth-order valence-corrected chi connectivity index (χ4v) is 1.65. The van der Waals surface area contributed by atoms with Gasteiger partial charge in [-0.15, -0.1) is 0 Å². The van der Waals surface area contributed by atoms with Crippen molar-refractivity contribution in [2.75, 3.05) is 5.32 Å². The molecule has 6 heteroatoms. The van der Waals surface area contributed by atoms with E-state index in [-0.39, 0.29) is 10.7 Å². The Hall–Kier alpha value is -1.65. The summed E-state index contributed by atoms with van der Waals surface area (Å²) < 4.78 is 0. The Morgan fingerprint density at radius 2 is 2.06 bits per heavy atom. The summed E-state index contributed by atoms with van der Waals surface area (Å²) in [6, 6.07) is 7.05. The average Bonchev–Trinajstić information content (AvgIpc) is 2.29. The topological polar surface area (TPSA) is 54.9 Å². The summed E-state index contributed by atoms with van der Waals surface area (Å²) in [4.78, 5) is 18.6. The van der Waals surface area contributed by atoms with Crippen LogP contribution in [0.25, 0.3) is 0 Å². The monoisotopic (exact) mass is 267 g/mol. The van der Waals surface area contributed by atoms with Crippen molar-refractivity contribution < 1.29 is 4.79 Å². The van der Waals surface area contributed by atoms with Gasteiger partial charge in [-0.05, 0) is 18.2 Å². The first-order valence-electron chi connectivity index (χ1n) is 4.69. The van der Waals surface area contributed by atoms with Crippen molar-refractivity contribution in [1.29, 1.82) is 0 Å². The zero-order chi connectivity index (χ0) is 12.3. The molecule has 1 aromatic heterocycles. The molecule has 0 aliphatic carbocycles. The number of nitrogens with zero attached hydrogens (tertiary/aromatic N) is 2. The van der Waals surface area contributed by atoms with Gasteiger partial charge >= 0.3 is 0 Å². The Labute approximate surface area is 108 Å². The van der Waals surface area contributed by atoms with Gasteiger partial charge in [-0.2, -0.15) is 0 Å². The van der Waals surface area contributed by atoms with Crippen LogP contribution < -0.4 is 5.32 Å². The molecular weight excluding hydrogens is 261 g/mol. The highest BCUT2D eigenvalue weighted by atomic mass is 35.5. The molecule has 0 saturated heterocycles. The van der Waals surface area contributed by atoms with Gasteiger partial charge < -0.3 is 5.32 Å². The van der Waals surface area contributed by atoms with Gasteiger partial charge in [-0.1, -0.05) is 29.3 Å². The molecule has 1 heterocycles. The number of rotatable bonds is 3. The van der Waals surface area contributed by atoms with Crippen molar-refractivity contribution in [2.24, 2.45) is 0 Å². The maximum Gasteiger partial charge on any atom is 0.156 e. The third kappa shape index (κ3) is 2.72. The molecule has 0 atom stereocenters. The second-order valence-corrected chi connectivity index (χ2v) is 3.97. The molecule has 0 amide bonds. The van der Waals surface area contributed by atoms with Crippen molar-refractivity contribution in [3.63, 3.8) is 0 Å². The van der Waals surface area contributed by atoms with E-state index in [1.54, 1.807) is 24.3 Å². The molecule has 0 aliphatic rings. The Kier molecular flexibility index (Phi) is 3.56. The summed E-state index contributed by atoms with van der Waals surface area (Å²) in [5.74, 6) is 0.349. The van der Waals surface area contributed by atoms with Crippen LogP contribution >= 0.6 is 23.2 Å². The van der Waals surface area contributed by atoms with Crippen molar-refractivity contribution in [3.05, 3.63) is 46.3 Å². The number of aldehydes is 1. The Morgan fingerprint density at radius 3 is 2.76 bits per heavy atom. The lowest BCUT2D eigenvalue weighted by molar-refractivity contribution is 0.112. The smallest absolute Gasteiger partial charge is 0.156 e. The molecule has 1 aromatic carbocycles. The maximum absolute atomic E-state index is 10.9. The third-order valence-corrected chi connectivity index (χ3v) is 2.58. The van der Waals surface area contributed by atoms with Crippen molar-refractivity contribution in [3.8, 4) is 0 Å². The zero-order valence-electron chi connectivity index (χ0n) is 8.52. The summed E-state index contributed by atoms with van der Waals surface area (Å²) in [5, 5.41) is 3.65. The highest BCUT2D eigenvalue weighted by Gasteiger charge is 2.08. The molecule has 0 bridgehead atoms. The average molecular weight is 268 g/mol. The number of nitrogens with one attached hydrogen (secondary N) is 1. The van der Waals surface area contributed by atoms with Gasteiger partial charge in [0.2, 0.25) is 0 Å². The van der Waals surface area contributed by atoms with Crippen molar-refractivity contribution in [2.45, 2.75) is 0 Å². The number of anilines is 2. The lowest BCUT2D eigenvalue weighted by atomic mass is 10.3. The quantitative estimate of drug-likeness (QED) is 0.685. The molecular formula is C11H7Cl2N3O. The molecule has 0 fully saturated rings. The molecule has 2 rings (SSSR count). The molecule has 86 valence electrons. The molecule has 4 nitrogen and oxygen atoms in total. The van der Waals surface area contributed by atoms with Crippen LogP contribution in [-0.2, 0) is 0 Å². The van der Waals surface area contributed by atoms with Crippen LogP contribution in [0.5, 0.6) is 0 Å². The molecule has 17 heavy (non-hydrogen) atoms. The second-order valence-electron chi connectivity index (χ2n) is 3.18. The van der Waals surface area contributed by atoms with Gasteiger partial charge in [0.1, 0.15) is 17.3 Å². The Balaban J connectivity index is 2.36. The van der Waals surface area contributed by atoms with E-state index in [1.807, 2.05) is 0 Å². The van der Waals surface area contributed by atoms with Crippen LogP contribution in [0.3, 0.4) is 0 Å². The van der Waals surface area contributed by atoms with E-state index in [2.05, 4.69) is 15.3 Å². The molecule has 0 radical (unpaired) electrons. The molecule has 0 saturated carbocycles. The molecule has 0 unspecified atom stereocenters. The normalized spacial score (nSPS) is 10.0. The standard InChI is InChI=1S/C11H7Cl2N3O/c12-7-2-1-3-8(4-7)16-11-9(5-17)10(13)14-6-15-11/h1-6H,(H,14,15,16). The number of benzene rings is 1. The van der Waals surface area contributed by atoms with Gasteiger partial charge in [0.05, 0.1) is 5.56 Å². The number of carbonyl (C=O) groups excluding carboxylic acids is 1. The van der Waals surface area contributed by atoms with E-state index < -0.39 is 0 Å². The van der Waals surface area contributed by atoms with Gasteiger partial charge in [-0.25, -0.2) is 9.97 Å². The summed E-state index contributed by atoms with van der Waals surface area (Å²) in [6.45, 7) is 0. The van der Waals surface area contributed by atoms with E-state index in [0.29, 0.717) is 17.1 Å². The largest absolute Gasteiger partial charge is 0.339 e. The molecule has 1 N–H and O–H groups in total. The third-order valence-electron chi connectivity index (χ3n) is 2.04. The van der Waals surface area contributed by atoms with E-state index in [9.17, 15) is 4.79 Å². The lowest BCUT2D eigenvalue weighted by Crippen LogP contribution is -2.00. The number of carbonyl (C=O) groups is 1. The first kappa shape index (κ1) is 11.8. The molecule has 0 spiro atoms. The summed E-state index contributed by atoms with van der Waals surface area (Å²) >= 11 is 11.6. The van der Waals surface area contributed by atoms with E-state index in [4.69, 9.17) is 23.2 Å². The van der Waals surface area contributed by atoms with Crippen molar-refractivity contribution >= 4 is 41.0 Å². The van der Waals surface area contributed by atoms with E-state index in [0.717, 1.165) is 5.69 Å². The fraction of sp³-hybridized carbons (Fsp3) is 0. The van der Waals surface area contributed by atoms with Gasteiger partial charge in [0.15, 0.2) is 6.29 Å². The zero-order valence-corrected chi connectivity index (χ0v) is 10.0. The van der Waals surface area contributed by atoms with Crippen LogP contribution in [0.15, 0.2) is 30.6 Å². The predicted octanol–water partition coefficient (Wildman–Crippen LogP) is 3.34. The fourth-order valence-electron chi connectivity index (χ4n) is 1.28. The minimum absolute atomic E-state index is 0.111. The minimum atomic E-state index is 0.111. The van der Waals surface area contributed by atoms with E-state index in [1.165, 1.54) is 6.33 Å². The van der Waals surface area contributed by atoms with Crippen molar-refractivity contribution in [1.82, 2.24) is 9.97 Å². The maximum atomic E-state index is 10.9. The van der Waals surface area contributed by atoms with Crippen LogP contribution in [0.4, 0.5) is 11.5 Å². The summed E-state index contributed by atoms with van der Waals surface area (Å²) in [5.41, 5.74) is 0.935. The molecule has 2 aromatic rings. The SMILES string of the molecule is O=Cc1c(Cl)ncnc1Nc1cccc(Cl)c1. The van der Waals surface area contributed by atoms with Gasteiger partial charge in [0.25, 0.3) is 0 Å². The van der Waals surface area contributed by atoms with Gasteiger partial charge in [0, 0.05) is 10.7 Å². The number of aromatic nitrogens is 2. The Bertz CT molecular complexity index is 560. The summed E-state index contributed by atoms with van der Waals surface area (Å²) in [6.07, 6.45) is 1.89. The first-order valence-corrected chi connectivity index (χ1v) is 5.44. The highest BCUT2D eigenvalue weighted by molar-refractivity contribution is 6.32. The van der Waals surface area contributed by atoms with Crippen LogP contribution in [0, 0.1) is 0 Å². The van der Waals surface area contributed by atoms with Crippen LogP contribution in [0.1, 0.15) is 10.4 Å².